The van der Waals surface area contributed by atoms with Crippen molar-refractivity contribution in [2.24, 2.45) is 0 Å². The molecule has 0 fully saturated rings. The lowest BCUT2D eigenvalue weighted by Gasteiger charge is -2.01. The van der Waals surface area contributed by atoms with Gasteiger partial charge in [0.15, 0.2) is 5.82 Å². The Balaban J connectivity index is 3.23. The molecule has 0 aliphatic heterocycles. The zero-order valence-electron chi connectivity index (χ0n) is 5.49. The molecule has 0 unspecified atom stereocenters. The Labute approximate surface area is 73.5 Å². The number of hydrogen-bond donors (Lipinski definition) is 0. The van der Waals surface area contributed by atoms with Crippen LogP contribution in [0.25, 0.3) is 0 Å². The first-order valence-corrected chi connectivity index (χ1v) is 3.61. The third-order valence-corrected chi connectivity index (χ3v) is 1.78. The van der Waals surface area contributed by atoms with Gasteiger partial charge in [-0.05, 0) is 22.0 Å². The Bertz CT molecular complexity index is 302. The predicted octanol–water partition coefficient (Wildman–Crippen LogP) is 3.06. The summed E-state index contributed by atoms with van der Waals surface area (Å²) in [7, 11) is 0. The number of nitrogens with zero attached hydrogens (tertiary/aromatic N) is 1. The molecule has 0 aliphatic carbocycles. The van der Waals surface area contributed by atoms with E-state index >= 15 is 0 Å². The van der Waals surface area contributed by atoms with Crippen LogP contribution in [0.3, 0.4) is 0 Å². The molecule has 1 nitrogen and oxygen atoms in total. The van der Waals surface area contributed by atoms with Crippen LogP contribution < -0.4 is 0 Å². The van der Waals surface area contributed by atoms with Gasteiger partial charge in [-0.1, -0.05) is 0 Å². The molecule has 0 radical (unpaired) electrons. The van der Waals surface area contributed by atoms with Crippen LogP contribution in [-0.2, 0) is 0 Å². The highest BCUT2D eigenvalue weighted by Gasteiger charge is 2.16. The lowest BCUT2D eigenvalue weighted by atomic mass is 10.3. The van der Waals surface area contributed by atoms with E-state index in [0.29, 0.717) is 6.07 Å². The fraction of sp³-hybridized carbons (Fsp3) is 0.167. The van der Waals surface area contributed by atoms with E-state index in [1.807, 2.05) is 0 Å². The summed E-state index contributed by atoms with van der Waals surface area (Å²) in [6.07, 6.45) is -2.87. The van der Waals surface area contributed by atoms with Crippen molar-refractivity contribution in [2.45, 2.75) is 6.43 Å². The smallest absolute Gasteiger partial charge is 0.210 e. The number of alkyl halides is 2. The molecule has 0 N–H and O–H groups in total. The summed E-state index contributed by atoms with van der Waals surface area (Å²) >= 11 is 2.58. The topological polar surface area (TPSA) is 12.9 Å². The summed E-state index contributed by atoms with van der Waals surface area (Å²) < 4.78 is 48.2. The van der Waals surface area contributed by atoms with Crippen LogP contribution in [-0.4, -0.2) is 4.98 Å². The van der Waals surface area contributed by atoms with Crippen molar-refractivity contribution < 1.29 is 17.6 Å². The molecule has 66 valence electrons. The van der Waals surface area contributed by atoms with Gasteiger partial charge in [-0.15, -0.1) is 0 Å². The summed E-state index contributed by atoms with van der Waals surface area (Å²) in [5, 5.41) is 0. The lowest BCUT2D eigenvalue weighted by Crippen LogP contribution is -1.96. The number of pyridine rings is 1. The van der Waals surface area contributed by atoms with Crippen molar-refractivity contribution in [2.75, 3.05) is 0 Å². The van der Waals surface area contributed by atoms with Crippen LogP contribution in [0.5, 0.6) is 0 Å². The predicted molar refractivity (Wildman–Crippen MR) is 36.8 cm³/mol. The van der Waals surface area contributed by atoms with E-state index in [1.54, 1.807) is 0 Å². The van der Waals surface area contributed by atoms with Crippen molar-refractivity contribution in [3.8, 4) is 0 Å². The molecular weight excluding hydrogens is 242 g/mol. The molecule has 0 aromatic carbocycles. The third-order valence-electron chi connectivity index (χ3n) is 1.15. The van der Waals surface area contributed by atoms with Crippen LogP contribution in [0.15, 0.2) is 10.7 Å². The third kappa shape index (κ3) is 1.74. The molecule has 12 heavy (non-hydrogen) atoms. The maximum absolute atomic E-state index is 12.3. The van der Waals surface area contributed by atoms with Gasteiger partial charge in [0.1, 0.15) is 4.60 Å². The second kappa shape index (κ2) is 3.38. The second-order valence-electron chi connectivity index (χ2n) is 1.94. The van der Waals surface area contributed by atoms with Gasteiger partial charge in [0.05, 0.1) is 5.56 Å². The average Bonchev–Trinajstić information content (AvgIpc) is 1.96. The minimum absolute atomic E-state index is 0.378. The van der Waals surface area contributed by atoms with Gasteiger partial charge in [-0.25, -0.2) is 18.2 Å². The van der Waals surface area contributed by atoms with Gasteiger partial charge in [0.2, 0.25) is 5.95 Å². The zero-order chi connectivity index (χ0) is 9.30. The van der Waals surface area contributed by atoms with Gasteiger partial charge in [-0.2, -0.15) is 4.39 Å². The normalized spacial score (nSPS) is 10.8. The zero-order valence-corrected chi connectivity index (χ0v) is 7.08. The Morgan fingerprint density at radius 1 is 1.33 bits per heavy atom. The van der Waals surface area contributed by atoms with Crippen LogP contribution in [0.4, 0.5) is 17.6 Å². The van der Waals surface area contributed by atoms with Gasteiger partial charge >= 0.3 is 0 Å². The second-order valence-corrected chi connectivity index (χ2v) is 2.69. The van der Waals surface area contributed by atoms with Gasteiger partial charge in [0.25, 0.3) is 6.43 Å². The maximum Gasteiger partial charge on any atom is 0.266 e. The molecule has 0 amide bonds. The number of aromatic nitrogens is 1. The standard InChI is InChI=1S/C6H2BrF4N/c7-4-2(5(9)10)1-3(8)6(11)12-4/h1,5H. The van der Waals surface area contributed by atoms with Crippen LogP contribution in [0.2, 0.25) is 0 Å². The summed E-state index contributed by atoms with van der Waals surface area (Å²) in [4.78, 5) is 2.89. The van der Waals surface area contributed by atoms with Crippen LogP contribution >= 0.6 is 15.9 Å². The first kappa shape index (κ1) is 9.44. The van der Waals surface area contributed by atoms with Crippen molar-refractivity contribution in [3.05, 3.63) is 28.0 Å². The highest BCUT2D eigenvalue weighted by Crippen LogP contribution is 2.26. The molecule has 0 atom stereocenters. The van der Waals surface area contributed by atoms with Gasteiger partial charge in [0, 0.05) is 0 Å². The number of halogens is 5. The quantitative estimate of drug-likeness (QED) is 0.546. The fourth-order valence-electron chi connectivity index (χ4n) is 0.613. The molecule has 0 aliphatic rings. The number of hydrogen-bond acceptors (Lipinski definition) is 1. The minimum atomic E-state index is -2.87. The summed E-state index contributed by atoms with van der Waals surface area (Å²) in [6.45, 7) is 0. The fourth-order valence-corrected chi connectivity index (χ4v) is 1.06. The summed E-state index contributed by atoms with van der Waals surface area (Å²) in [6, 6.07) is 0.414. The maximum atomic E-state index is 12.3. The highest BCUT2D eigenvalue weighted by atomic mass is 79.9. The molecule has 0 saturated heterocycles. The molecule has 1 aromatic rings. The lowest BCUT2D eigenvalue weighted by molar-refractivity contribution is 0.149. The van der Waals surface area contributed by atoms with E-state index in [4.69, 9.17) is 0 Å². The van der Waals surface area contributed by atoms with E-state index in [2.05, 4.69) is 20.9 Å². The molecule has 1 aromatic heterocycles. The van der Waals surface area contributed by atoms with E-state index in [-0.39, 0.29) is 4.60 Å². The van der Waals surface area contributed by atoms with Crippen LogP contribution in [0, 0.1) is 11.8 Å². The summed E-state index contributed by atoms with van der Waals surface area (Å²) in [5.74, 6) is -2.78. The molecule has 1 rings (SSSR count). The van der Waals surface area contributed by atoms with E-state index < -0.39 is 23.8 Å². The SMILES string of the molecule is Fc1cc(C(F)F)c(Br)nc1F. The van der Waals surface area contributed by atoms with Crippen LogP contribution in [0.1, 0.15) is 12.0 Å². The van der Waals surface area contributed by atoms with Crippen molar-refractivity contribution >= 4 is 15.9 Å². The summed E-state index contributed by atoms with van der Waals surface area (Å²) in [5.41, 5.74) is -0.658. The monoisotopic (exact) mass is 243 g/mol. The first-order chi connectivity index (χ1) is 5.52. The molecular formula is C6H2BrF4N. The molecule has 6 heteroatoms. The van der Waals surface area contributed by atoms with E-state index in [1.165, 1.54) is 0 Å². The highest BCUT2D eigenvalue weighted by molar-refractivity contribution is 9.10. The Hall–Kier alpha value is -0.650. The molecule has 1 heterocycles. The molecule has 0 spiro atoms. The largest absolute Gasteiger partial charge is 0.266 e. The van der Waals surface area contributed by atoms with Crippen molar-refractivity contribution in [1.82, 2.24) is 4.98 Å². The van der Waals surface area contributed by atoms with Gasteiger partial charge in [-0.3, -0.25) is 0 Å². The van der Waals surface area contributed by atoms with Gasteiger partial charge < -0.3 is 0 Å². The molecule has 0 bridgehead atoms. The van der Waals surface area contributed by atoms with Crippen molar-refractivity contribution in [3.63, 3.8) is 0 Å². The number of rotatable bonds is 1. The van der Waals surface area contributed by atoms with E-state index in [9.17, 15) is 17.6 Å². The van der Waals surface area contributed by atoms with E-state index in [0.717, 1.165) is 0 Å². The average molecular weight is 244 g/mol. The Morgan fingerprint density at radius 3 is 2.42 bits per heavy atom. The Morgan fingerprint density at radius 2 is 1.92 bits per heavy atom. The minimum Gasteiger partial charge on any atom is -0.210 e. The van der Waals surface area contributed by atoms with Crippen molar-refractivity contribution in [1.29, 1.82) is 0 Å². The first-order valence-electron chi connectivity index (χ1n) is 2.82. The molecule has 0 saturated carbocycles. The Kier molecular flexibility index (Phi) is 2.66.